The SMILES string of the molecule is O=C(O)CCc1cccc(NC(=O)C(c2ccc(-c3cncc(Cl)c3)cc2)C2CCCC2)c1C(F)(F)F. The van der Waals surface area contributed by atoms with E-state index >= 15 is 0 Å². The third-order valence-corrected chi connectivity index (χ3v) is 6.97. The van der Waals surface area contributed by atoms with Crippen LogP contribution in [0, 0.1) is 5.92 Å². The number of aromatic nitrogens is 1. The average molecular weight is 531 g/mol. The number of anilines is 1. The lowest BCUT2D eigenvalue weighted by Crippen LogP contribution is -2.28. The molecule has 1 amide bonds. The number of benzene rings is 2. The smallest absolute Gasteiger partial charge is 0.418 e. The van der Waals surface area contributed by atoms with Crippen molar-refractivity contribution in [2.45, 2.75) is 50.6 Å². The van der Waals surface area contributed by atoms with Gasteiger partial charge in [0.25, 0.3) is 0 Å². The molecule has 1 aliphatic carbocycles. The number of hydrogen-bond acceptors (Lipinski definition) is 3. The number of rotatable bonds is 8. The van der Waals surface area contributed by atoms with E-state index in [1.54, 1.807) is 12.3 Å². The zero-order chi connectivity index (χ0) is 26.6. The fourth-order valence-corrected chi connectivity index (χ4v) is 5.25. The van der Waals surface area contributed by atoms with Gasteiger partial charge in [0.15, 0.2) is 0 Å². The number of aryl methyl sites for hydroxylation is 1. The number of pyridine rings is 1. The maximum atomic E-state index is 14.0. The molecule has 9 heteroatoms. The van der Waals surface area contributed by atoms with Gasteiger partial charge in [0.2, 0.25) is 5.91 Å². The van der Waals surface area contributed by atoms with Crippen LogP contribution >= 0.6 is 11.6 Å². The first-order chi connectivity index (χ1) is 17.6. The van der Waals surface area contributed by atoms with Crippen LogP contribution < -0.4 is 5.32 Å². The highest BCUT2D eigenvalue weighted by molar-refractivity contribution is 6.30. The number of carboxylic acid groups (broad SMARTS) is 1. The zero-order valence-corrected chi connectivity index (χ0v) is 20.6. The molecule has 3 aromatic rings. The molecular weight excluding hydrogens is 505 g/mol. The number of carbonyl (C=O) groups is 2. The summed E-state index contributed by atoms with van der Waals surface area (Å²) >= 11 is 6.05. The topological polar surface area (TPSA) is 79.3 Å². The molecule has 2 N–H and O–H groups in total. The van der Waals surface area contributed by atoms with Crippen LogP contribution in [0.5, 0.6) is 0 Å². The number of alkyl halides is 3. The molecule has 0 bridgehead atoms. The minimum Gasteiger partial charge on any atom is -0.481 e. The van der Waals surface area contributed by atoms with Gasteiger partial charge in [-0.15, -0.1) is 0 Å². The minimum atomic E-state index is -4.76. The van der Waals surface area contributed by atoms with Crippen LogP contribution in [0.1, 0.15) is 54.7 Å². The largest absolute Gasteiger partial charge is 0.481 e. The predicted molar refractivity (Wildman–Crippen MR) is 135 cm³/mol. The average Bonchev–Trinajstić information content (AvgIpc) is 3.37. The van der Waals surface area contributed by atoms with Crippen LogP contribution in [0.15, 0.2) is 60.9 Å². The van der Waals surface area contributed by atoms with Crippen molar-refractivity contribution >= 4 is 29.2 Å². The minimum absolute atomic E-state index is 0.00298. The molecule has 1 saturated carbocycles. The van der Waals surface area contributed by atoms with Crippen LogP contribution in [0.2, 0.25) is 5.02 Å². The Bertz CT molecular complexity index is 1270. The first kappa shape index (κ1) is 26.7. The third-order valence-electron chi connectivity index (χ3n) is 6.76. The van der Waals surface area contributed by atoms with Crippen molar-refractivity contribution < 1.29 is 27.9 Å². The van der Waals surface area contributed by atoms with Gasteiger partial charge in [-0.05, 0) is 54.0 Å². The predicted octanol–water partition coefficient (Wildman–Crippen LogP) is 7.35. The van der Waals surface area contributed by atoms with Crippen molar-refractivity contribution in [3.05, 3.63) is 82.6 Å². The molecular formula is C28H26ClF3N2O3. The normalized spacial score (nSPS) is 14.9. The molecule has 37 heavy (non-hydrogen) atoms. The van der Waals surface area contributed by atoms with E-state index in [4.69, 9.17) is 16.7 Å². The summed E-state index contributed by atoms with van der Waals surface area (Å²) in [5.74, 6) is -2.33. The maximum absolute atomic E-state index is 14.0. The Morgan fingerprint density at radius 2 is 1.76 bits per heavy atom. The number of hydrogen-bond donors (Lipinski definition) is 2. The lowest BCUT2D eigenvalue weighted by atomic mass is 9.83. The molecule has 1 aliphatic rings. The fourth-order valence-electron chi connectivity index (χ4n) is 5.08. The summed E-state index contributed by atoms with van der Waals surface area (Å²) in [5.41, 5.74) is 0.871. The summed E-state index contributed by atoms with van der Waals surface area (Å²) < 4.78 is 42.1. The third kappa shape index (κ3) is 6.49. The van der Waals surface area contributed by atoms with Crippen LogP contribution in [0.3, 0.4) is 0 Å². The van der Waals surface area contributed by atoms with Crippen LogP contribution in [0.25, 0.3) is 11.1 Å². The van der Waals surface area contributed by atoms with Crippen LogP contribution in [0.4, 0.5) is 18.9 Å². The Morgan fingerprint density at radius 1 is 1.05 bits per heavy atom. The second kappa shape index (κ2) is 11.3. The van der Waals surface area contributed by atoms with Crippen molar-refractivity contribution in [3.63, 3.8) is 0 Å². The summed E-state index contributed by atoms with van der Waals surface area (Å²) in [6, 6.07) is 13.0. The van der Waals surface area contributed by atoms with Crippen molar-refractivity contribution in [1.82, 2.24) is 4.98 Å². The lowest BCUT2D eigenvalue weighted by molar-refractivity contribution is -0.139. The number of nitrogens with zero attached hydrogens (tertiary/aromatic N) is 1. The molecule has 1 fully saturated rings. The Balaban J connectivity index is 1.65. The van der Waals surface area contributed by atoms with Crippen LogP contribution in [-0.2, 0) is 22.2 Å². The molecule has 0 spiro atoms. The van der Waals surface area contributed by atoms with Gasteiger partial charge >= 0.3 is 12.1 Å². The van der Waals surface area contributed by atoms with E-state index in [0.29, 0.717) is 5.02 Å². The fraction of sp³-hybridized carbons (Fsp3) is 0.321. The van der Waals surface area contributed by atoms with Crippen molar-refractivity contribution in [2.24, 2.45) is 5.92 Å². The van der Waals surface area contributed by atoms with Crippen LogP contribution in [-0.4, -0.2) is 22.0 Å². The summed E-state index contributed by atoms with van der Waals surface area (Å²) in [7, 11) is 0. The Morgan fingerprint density at radius 3 is 2.38 bits per heavy atom. The number of aliphatic carboxylic acids is 1. The molecule has 0 radical (unpaired) electrons. The summed E-state index contributed by atoms with van der Waals surface area (Å²) in [5, 5.41) is 12.0. The molecule has 194 valence electrons. The van der Waals surface area contributed by atoms with E-state index in [0.717, 1.165) is 42.4 Å². The number of halogens is 4. The second-order valence-corrected chi connectivity index (χ2v) is 9.69. The van der Waals surface area contributed by atoms with Gasteiger partial charge < -0.3 is 10.4 Å². The number of amides is 1. The summed E-state index contributed by atoms with van der Waals surface area (Å²) in [4.78, 5) is 28.6. The highest BCUT2D eigenvalue weighted by Crippen LogP contribution is 2.41. The van der Waals surface area contributed by atoms with E-state index in [9.17, 15) is 22.8 Å². The highest BCUT2D eigenvalue weighted by Gasteiger charge is 2.38. The van der Waals surface area contributed by atoms with E-state index in [1.807, 2.05) is 24.3 Å². The first-order valence-corrected chi connectivity index (χ1v) is 12.4. The molecule has 5 nitrogen and oxygen atoms in total. The zero-order valence-electron chi connectivity index (χ0n) is 19.9. The van der Waals surface area contributed by atoms with Gasteiger partial charge in [-0.25, -0.2) is 0 Å². The van der Waals surface area contributed by atoms with Crippen molar-refractivity contribution in [1.29, 1.82) is 0 Å². The number of nitrogens with one attached hydrogen (secondary N) is 1. The van der Waals surface area contributed by atoms with Gasteiger partial charge in [0.05, 0.1) is 22.2 Å². The molecule has 1 aromatic heterocycles. The maximum Gasteiger partial charge on any atom is 0.418 e. The Hall–Kier alpha value is -3.39. The van der Waals surface area contributed by atoms with E-state index < -0.39 is 36.0 Å². The van der Waals surface area contributed by atoms with Gasteiger partial charge in [0, 0.05) is 24.4 Å². The molecule has 0 saturated heterocycles. The quantitative estimate of drug-likeness (QED) is 0.319. The molecule has 2 aromatic carbocycles. The lowest BCUT2D eigenvalue weighted by Gasteiger charge is -2.25. The van der Waals surface area contributed by atoms with E-state index in [1.165, 1.54) is 24.4 Å². The second-order valence-electron chi connectivity index (χ2n) is 9.26. The van der Waals surface area contributed by atoms with Gasteiger partial charge in [-0.1, -0.05) is 60.8 Å². The number of carboxylic acids is 1. The monoisotopic (exact) mass is 530 g/mol. The van der Waals surface area contributed by atoms with E-state index in [2.05, 4.69) is 10.3 Å². The Labute approximate surface area is 217 Å². The van der Waals surface area contributed by atoms with Gasteiger partial charge in [-0.3, -0.25) is 14.6 Å². The van der Waals surface area contributed by atoms with Crippen molar-refractivity contribution in [2.75, 3.05) is 5.32 Å². The molecule has 4 rings (SSSR count). The van der Waals surface area contributed by atoms with E-state index in [-0.39, 0.29) is 23.6 Å². The first-order valence-electron chi connectivity index (χ1n) is 12.1. The standard InChI is InChI=1S/C28H26ClF3N2O3/c29-22-14-21(15-33-16-22)17-8-10-19(11-9-17)25(18-4-1-2-5-18)27(37)34-23-7-3-6-20(12-13-24(35)36)26(23)28(30,31)32/h3,6-11,14-16,18,25H,1-2,4-5,12-13H2,(H,34,37)(H,35,36). The summed E-state index contributed by atoms with van der Waals surface area (Å²) in [6.07, 6.45) is 1.25. The molecule has 1 unspecified atom stereocenters. The highest BCUT2D eigenvalue weighted by atomic mass is 35.5. The van der Waals surface area contributed by atoms with Gasteiger partial charge in [-0.2, -0.15) is 13.2 Å². The van der Waals surface area contributed by atoms with Crippen molar-refractivity contribution in [3.8, 4) is 11.1 Å². The van der Waals surface area contributed by atoms with Gasteiger partial charge in [0.1, 0.15) is 0 Å². The molecule has 0 aliphatic heterocycles. The summed E-state index contributed by atoms with van der Waals surface area (Å²) in [6.45, 7) is 0. The molecule has 1 heterocycles. The Kier molecular flexibility index (Phi) is 8.17. The number of carbonyl (C=O) groups excluding carboxylic acids is 1. The molecule has 1 atom stereocenters.